The van der Waals surface area contributed by atoms with Crippen LogP contribution in [0.3, 0.4) is 0 Å². The molecule has 3 rings (SSSR count). The smallest absolute Gasteiger partial charge is 0.394 e. The fourth-order valence-corrected chi connectivity index (χ4v) is 3.94. The van der Waals surface area contributed by atoms with E-state index in [-0.39, 0.29) is 18.7 Å². The molecule has 216 valence electrons. The third kappa shape index (κ3) is 7.16. The molecule has 2 aliphatic heterocycles. The number of hydrogen-bond donors (Lipinski definition) is 8. The number of carbonyl (C=O) groups is 1. The van der Waals surface area contributed by atoms with Crippen molar-refractivity contribution in [3.63, 3.8) is 0 Å². The number of benzene rings is 1. The van der Waals surface area contributed by atoms with Crippen LogP contribution < -0.4 is 5.32 Å². The van der Waals surface area contributed by atoms with Gasteiger partial charge in [-0.05, 0) is 24.1 Å². The minimum Gasteiger partial charge on any atom is -0.394 e. The van der Waals surface area contributed by atoms with E-state index in [0.29, 0.717) is 5.56 Å². The van der Waals surface area contributed by atoms with Crippen molar-refractivity contribution in [1.82, 2.24) is 0 Å². The highest BCUT2D eigenvalue weighted by atomic mass is 19.4. The molecule has 0 spiro atoms. The Balaban J connectivity index is 1.59. The normalized spacial score (nSPS) is 36.2. The Bertz CT molecular complexity index is 905. The maximum atomic E-state index is 12.4. The van der Waals surface area contributed by atoms with Crippen LogP contribution in [0.1, 0.15) is 5.56 Å². The zero-order chi connectivity index (χ0) is 28.2. The maximum Gasteiger partial charge on any atom is 0.471 e. The molecule has 0 unspecified atom stereocenters. The van der Waals surface area contributed by atoms with Gasteiger partial charge in [0.15, 0.2) is 12.6 Å². The van der Waals surface area contributed by atoms with Crippen molar-refractivity contribution in [3.05, 3.63) is 29.8 Å². The number of alkyl halides is 3. The second-order valence-electron chi connectivity index (χ2n) is 8.77. The lowest BCUT2D eigenvalue weighted by Crippen LogP contribution is -2.64. The average molecular weight is 557 g/mol. The number of hydrogen-bond acceptors (Lipinski definition) is 12. The second kappa shape index (κ2) is 12.9. The van der Waals surface area contributed by atoms with Crippen LogP contribution in [-0.4, -0.2) is 129 Å². The molecule has 2 aliphatic rings. The van der Waals surface area contributed by atoms with Gasteiger partial charge in [-0.15, -0.1) is 0 Å². The van der Waals surface area contributed by atoms with Gasteiger partial charge in [0.25, 0.3) is 0 Å². The van der Waals surface area contributed by atoms with Gasteiger partial charge in [-0.1, -0.05) is 12.1 Å². The molecule has 2 fully saturated rings. The molecule has 1 amide bonds. The topological polar surface area (TPSA) is 208 Å². The molecule has 38 heavy (non-hydrogen) atoms. The van der Waals surface area contributed by atoms with E-state index >= 15 is 0 Å². The number of anilines is 1. The van der Waals surface area contributed by atoms with Gasteiger partial charge in [0.2, 0.25) is 0 Å². The summed E-state index contributed by atoms with van der Waals surface area (Å²) in [5.41, 5.74) is 0.518. The summed E-state index contributed by atoms with van der Waals surface area (Å²) in [6.45, 7) is -1.55. The van der Waals surface area contributed by atoms with Crippen molar-refractivity contribution in [3.8, 4) is 0 Å². The quantitative estimate of drug-likeness (QED) is 0.157. The minimum atomic E-state index is -5.03. The number of halogens is 3. The van der Waals surface area contributed by atoms with E-state index in [0.717, 1.165) is 0 Å². The van der Waals surface area contributed by atoms with Gasteiger partial charge in [0.05, 0.1) is 19.8 Å². The lowest BCUT2D eigenvalue weighted by Gasteiger charge is -2.45. The summed E-state index contributed by atoms with van der Waals surface area (Å²) in [6.07, 6.45) is -20.7. The van der Waals surface area contributed by atoms with Crippen LogP contribution in [0, 0.1) is 0 Å². The maximum absolute atomic E-state index is 12.4. The van der Waals surface area contributed by atoms with Crippen LogP contribution in [-0.2, 0) is 30.2 Å². The highest BCUT2D eigenvalue weighted by Crippen LogP contribution is 2.29. The standard InChI is InChI=1S/C22H30F3NO12/c23-22(24,25)21(34)26-10-3-1-9(2-4-10)5-6-35-19-17(33)18(14(30)12(8-28)36-19)38-20-16(32)15(31)13(29)11(7-27)37-20/h1-4,11-20,27-33H,5-8H2,(H,26,34)/t11-,12-,13+,14+,15+,16-,17-,18+,19+,20-/m1/s1. The van der Waals surface area contributed by atoms with E-state index in [2.05, 4.69) is 0 Å². The van der Waals surface area contributed by atoms with E-state index < -0.39 is 86.7 Å². The van der Waals surface area contributed by atoms with E-state index in [4.69, 9.17) is 18.9 Å². The molecular formula is C22H30F3NO12. The van der Waals surface area contributed by atoms with Gasteiger partial charge >= 0.3 is 12.1 Å². The van der Waals surface area contributed by atoms with Crippen LogP contribution in [0.15, 0.2) is 24.3 Å². The van der Waals surface area contributed by atoms with Crippen molar-refractivity contribution in [2.75, 3.05) is 25.1 Å². The molecule has 0 bridgehead atoms. The molecule has 0 aromatic heterocycles. The monoisotopic (exact) mass is 557 g/mol. The molecule has 0 saturated carbocycles. The SMILES string of the molecule is O=C(Nc1ccc(CCO[C@H]2O[C@H](CO)[C@H](O)[C@H](O[C@H]3O[C@H](CO)[C@H](O)[C@H](O)[C@H]3O)[C@H]2O)cc1)C(F)(F)F. The van der Waals surface area contributed by atoms with E-state index in [1.807, 2.05) is 0 Å². The van der Waals surface area contributed by atoms with Gasteiger partial charge in [0.1, 0.15) is 48.8 Å². The molecular weight excluding hydrogens is 527 g/mol. The number of carbonyl (C=O) groups excluding carboxylic acids is 1. The highest BCUT2D eigenvalue weighted by Gasteiger charge is 2.50. The third-order valence-electron chi connectivity index (χ3n) is 6.10. The van der Waals surface area contributed by atoms with Gasteiger partial charge in [0, 0.05) is 5.69 Å². The lowest BCUT2D eigenvalue weighted by molar-refractivity contribution is -0.360. The van der Waals surface area contributed by atoms with E-state index in [1.165, 1.54) is 24.3 Å². The molecule has 0 aliphatic carbocycles. The predicted molar refractivity (Wildman–Crippen MR) is 117 cm³/mol. The first-order chi connectivity index (χ1) is 17.9. The Morgan fingerprint density at radius 3 is 2.00 bits per heavy atom. The van der Waals surface area contributed by atoms with Crippen molar-refractivity contribution in [2.24, 2.45) is 0 Å². The number of rotatable bonds is 9. The van der Waals surface area contributed by atoms with Gasteiger partial charge in [-0.25, -0.2) is 0 Å². The summed E-state index contributed by atoms with van der Waals surface area (Å²) in [4.78, 5) is 11.0. The van der Waals surface area contributed by atoms with Crippen LogP contribution in [0.5, 0.6) is 0 Å². The van der Waals surface area contributed by atoms with Crippen LogP contribution in [0.2, 0.25) is 0 Å². The van der Waals surface area contributed by atoms with Gasteiger partial charge in [-0.2, -0.15) is 13.2 Å². The summed E-state index contributed by atoms with van der Waals surface area (Å²) in [5, 5.41) is 71.8. The lowest BCUT2D eigenvalue weighted by atomic mass is 9.97. The van der Waals surface area contributed by atoms with Crippen LogP contribution in [0.25, 0.3) is 0 Å². The summed E-state index contributed by atoms with van der Waals surface area (Å²) in [5.74, 6) is -2.11. The summed E-state index contributed by atoms with van der Waals surface area (Å²) >= 11 is 0. The first-order valence-corrected chi connectivity index (χ1v) is 11.5. The number of ether oxygens (including phenoxy) is 4. The Hall–Kier alpha value is -1.96. The Kier molecular flexibility index (Phi) is 10.4. The van der Waals surface area contributed by atoms with Crippen molar-refractivity contribution in [2.45, 2.75) is 74.0 Å². The molecule has 8 N–H and O–H groups in total. The molecule has 16 heteroatoms. The molecule has 2 heterocycles. The first-order valence-electron chi connectivity index (χ1n) is 11.5. The third-order valence-corrected chi connectivity index (χ3v) is 6.10. The fourth-order valence-electron chi connectivity index (χ4n) is 3.94. The second-order valence-corrected chi connectivity index (χ2v) is 8.77. The number of aliphatic hydroxyl groups is 7. The van der Waals surface area contributed by atoms with Gasteiger partial charge in [-0.3, -0.25) is 4.79 Å². The Morgan fingerprint density at radius 1 is 0.842 bits per heavy atom. The molecule has 13 nitrogen and oxygen atoms in total. The fraction of sp³-hybridized carbons (Fsp3) is 0.682. The molecule has 0 radical (unpaired) electrons. The number of amides is 1. The average Bonchev–Trinajstić information content (AvgIpc) is 2.88. The van der Waals surface area contributed by atoms with Crippen molar-refractivity contribution < 1.29 is 72.7 Å². The predicted octanol–water partition coefficient (Wildman–Crippen LogP) is -2.63. The number of aliphatic hydroxyl groups excluding tert-OH is 7. The highest BCUT2D eigenvalue weighted by molar-refractivity contribution is 5.94. The Labute approximate surface area is 213 Å². The summed E-state index contributed by atoms with van der Waals surface area (Å²) < 4.78 is 58.7. The Morgan fingerprint density at radius 2 is 1.42 bits per heavy atom. The van der Waals surface area contributed by atoms with Crippen LogP contribution in [0.4, 0.5) is 18.9 Å². The zero-order valence-corrected chi connectivity index (χ0v) is 19.7. The van der Waals surface area contributed by atoms with Crippen LogP contribution >= 0.6 is 0 Å². The largest absolute Gasteiger partial charge is 0.471 e. The number of nitrogens with one attached hydrogen (secondary N) is 1. The molecule has 1 aromatic rings. The summed E-state index contributed by atoms with van der Waals surface area (Å²) in [7, 11) is 0. The van der Waals surface area contributed by atoms with Crippen molar-refractivity contribution >= 4 is 11.6 Å². The first kappa shape index (κ1) is 30.6. The minimum absolute atomic E-state index is 0.0732. The van der Waals surface area contributed by atoms with Gasteiger partial charge < -0.3 is 60.0 Å². The summed E-state index contributed by atoms with van der Waals surface area (Å²) in [6, 6.07) is 5.40. The molecule has 1 aromatic carbocycles. The molecule has 2 saturated heterocycles. The van der Waals surface area contributed by atoms with E-state index in [9.17, 15) is 53.7 Å². The molecule has 10 atom stereocenters. The van der Waals surface area contributed by atoms with Crippen molar-refractivity contribution in [1.29, 1.82) is 0 Å². The zero-order valence-electron chi connectivity index (χ0n) is 19.7. The van der Waals surface area contributed by atoms with E-state index in [1.54, 1.807) is 5.32 Å².